The standard InChI is InChI=1S/C21H19ClN2O3S/c1-15-12-13-16(22)14-19(15)23-21(25)18-10-6-7-11-20(18)24(2)28(26,27)17-8-4-3-5-9-17/h3-14H,1-2H3,(H,23,25). The first kappa shape index (κ1) is 19.9. The van der Waals surface area contributed by atoms with E-state index in [-0.39, 0.29) is 16.1 Å². The van der Waals surface area contributed by atoms with Crippen molar-refractivity contribution < 1.29 is 13.2 Å². The predicted molar refractivity (Wildman–Crippen MR) is 113 cm³/mol. The summed E-state index contributed by atoms with van der Waals surface area (Å²) >= 11 is 6.02. The average Bonchev–Trinajstić information content (AvgIpc) is 2.70. The van der Waals surface area contributed by atoms with Crippen LogP contribution in [0.4, 0.5) is 11.4 Å². The number of carbonyl (C=O) groups excluding carboxylic acids is 1. The summed E-state index contributed by atoms with van der Waals surface area (Å²) in [7, 11) is -2.37. The first-order chi connectivity index (χ1) is 13.3. The number of carbonyl (C=O) groups is 1. The van der Waals surface area contributed by atoms with E-state index in [0.29, 0.717) is 10.7 Å². The highest BCUT2D eigenvalue weighted by molar-refractivity contribution is 7.92. The number of hydrogen-bond donors (Lipinski definition) is 1. The maximum absolute atomic E-state index is 12.9. The van der Waals surface area contributed by atoms with E-state index in [4.69, 9.17) is 11.6 Å². The highest BCUT2D eigenvalue weighted by atomic mass is 35.5. The molecule has 0 aliphatic rings. The summed E-state index contributed by atoms with van der Waals surface area (Å²) in [6.45, 7) is 1.85. The zero-order chi connectivity index (χ0) is 20.3. The third-order valence-electron chi connectivity index (χ3n) is 4.34. The summed E-state index contributed by atoms with van der Waals surface area (Å²) in [5, 5.41) is 3.31. The summed E-state index contributed by atoms with van der Waals surface area (Å²) in [5.74, 6) is -0.420. The second kappa shape index (κ2) is 8.04. The Labute approximate surface area is 169 Å². The summed E-state index contributed by atoms with van der Waals surface area (Å²) in [6.07, 6.45) is 0. The van der Waals surface area contributed by atoms with Gasteiger partial charge in [0.25, 0.3) is 15.9 Å². The average molecular weight is 415 g/mol. The largest absolute Gasteiger partial charge is 0.322 e. The Balaban J connectivity index is 1.97. The van der Waals surface area contributed by atoms with E-state index < -0.39 is 15.9 Å². The van der Waals surface area contributed by atoms with Crippen molar-refractivity contribution in [3.8, 4) is 0 Å². The van der Waals surface area contributed by atoms with Crippen molar-refractivity contribution in [2.45, 2.75) is 11.8 Å². The summed E-state index contributed by atoms with van der Waals surface area (Å²) < 4.78 is 27.0. The molecule has 3 aromatic rings. The molecule has 144 valence electrons. The molecule has 0 radical (unpaired) electrons. The number of aryl methyl sites for hydroxylation is 1. The Morgan fingerprint density at radius 2 is 1.61 bits per heavy atom. The summed E-state index contributed by atoms with van der Waals surface area (Å²) in [6, 6.07) is 19.8. The minimum absolute atomic E-state index is 0.151. The van der Waals surface area contributed by atoms with Gasteiger partial charge in [0, 0.05) is 17.8 Å². The summed E-state index contributed by atoms with van der Waals surface area (Å²) in [5.41, 5.74) is 1.94. The van der Waals surface area contributed by atoms with E-state index in [1.807, 2.05) is 6.92 Å². The Morgan fingerprint density at radius 1 is 0.964 bits per heavy atom. The van der Waals surface area contributed by atoms with Gasteiger partial charge in [0.15, 0.2) is 0 Å². The molecule has 0 unspecified atom stereocenters. The number of sulfonamides is 1. The van der Waals surface area contributed by atoms with Gasteiger partial charge in [-0.2, -0.15) is 0 Å². The second-order valence-corrected chi connectivity index (χ2v) is 8.62. The van der Waals surface area contributed by atoms with E-state index in [1.54, 1.807) is 60.7 Å². The van der Waals surface area contributed by atoms with Crippen molar-refractivity contribution in [3.63, 3.8) is 0 Å². The van der Waals surface area contributed by atoms with Crippen LogP contribution in [0.15, 0.2) is 77.7 Å². The van der Waals surface area contributed by atoms with Gasteiger partial charge in [0.1, 0.15) is 0 Å². The molecule has 0 aromatic heterocycles. The van der Waals surface area contributed by atoms with Gasteiger partial charge < -0.3 is 5.32 Å². The van der Waals surface area contributed by atoms with Gasteiger partial charge in [-0.15, -0.1) is 0 Å². The first-order valence-electron chi connectivity index (χ1n) is 8.51. The van der Waals surface area contributed by atoms with E-state index in [9.17, 15) is 13.2 Å². The van der Waals surface area contributed by atoms with Crippen LogP contribution in [0.25, 0.3) is 0 Å². The van der Waals surface area contributed by atoms with Gasteiger partial charge >= 0.3 is 0 Å². The summed E-state index contributed by atoms with van der Waals surface area (Å²) in [4.78, 5) is 13.0. The molecule has 0 aliphatic heterocycles. The van der Waals surface area contributed by atoms with Crippen molar-refractivity contribution in [2.75, 3.05) is 16.7 Å². The number of anilines is 2. The van der Waals surface area contributed by atoms with Gasteiger partial charge in [-0.25, -0.2) is 8.42 Å². The van der Waals surface area contributed by atoms with Crippen molar-refractivity contribution in [1.29, 1.82) is 0 Å². The Bertz CT molecular complexity index is 1120. The number of amides is 1. The van der Waals surface area contributed by atoms with E-state index in [2.05, 4.69) is 5.32 Å². The number of halogens is 1. The minimum Gasteiger partial charge on any atom is -0.322 e. The van der Waals surface area contributed by atoms with Crippen LogP contribution in [-0.2, 0) is 10.0 Å². The molecular formula is C21H19ClN2O3S. The molecule has 0 bridgehead atoms. The zero-order valence-electron chi connectivity index (χ0n) is 15.4. The predicted octanol–water partition coefficient (Wildman–Crippen LogP) is 4.73. The van der Waals surface area contributed by atoms with Crippen LogP contribution >= 0.6 is 11.6 Å². The third kappa shape index (κ3) is 4.03. The Hall–Kier alpha value is -2.83. The second-order valence-electron chi connectivity index (χ2n) is 6.22. The molecule has 0 saturated heterocycles. The lowest BCUT2D eigenvalue weighted by atomic mass is 10.1. The zero-order valence-corrected chi connectivity index (χ0v) is 17.0. The fourth-order valence-electron chi connectivity index (χ4n) is 2.74. The van der Waals surface area contributed by atoms with Crippen LogP contribution in [-0.4, -0.2) is 21.4 Å². The van der Waals surface area contributed by atoms with Crippen molar-refractivity contribution in [2.24, 2.45) is 0 Å². The molecule has 0 spiro atoms. The monoisotopic (exact) mass is 414 g/mol. The lowest BCUT2D eigenvalue weighted by Crippen LogP contribution is -2.29. The number of para-hydroxylation sites is 1. The van der Waals surface area contributed by atoms with Gasteiger partial charge in [0.05, 0.1) is 16.1 Å². The molecule has 0 heterocycles. The third-order valence-corrected chi connectivity index (χ3v) is 6.36. The molecular weight excluding hydrogens is 396 g/mol. The normalized spacial score (nSPS) is 11.1. The molecule has 0 fully saturated rings. The topological polar surface area (TPSA) is 66.5 Å². The maximum Gasteiger partial charge on any atom is 0.264 e. The van der Waals surface area contributed by atoms with Gasteiger partial charge in [-0.05, 0) is 48.9 Å². The maximum atomic E-state index is 12.9. The smallest absolute Gasteiger partial charge is 0.264 e. The molecule has 7 heteroatoms. The first-order valence-corrected chi connectivity index (χ1v) is 10.3. The lowest BCUT2D eigenvalue weighted by molar-refractivity contribution is 0.102. The minimum atomic E-state index is -3.80. The van der Waals surface area contributed by atoms with E-state index >= 15 is 0 Å². The number of benzene rings is 3. The highest BCUT2D eigenvalue weighted by Crippen LogP contribution is 2.27. The fraction of sp³-hybridized carbons (Fsp3) is 0.0952. The van der Waals surface area contributed by atoms with E-state index in [1.165, 1.54) is 19.2 Å². The Morgan fingerprint density at radius 3 is 2.32 bits per heavy atom. The van der Waals surface area contributed by atoms with Crippen LogP contribution in [0.3, 0.4) is 0 Å². The number of nitrogens with one attached hydrogen (secondary N) is 1. The molecule has 28 heavy (non-hydrogen) atoms. The van der Waals surface area contributed by atoms with Crippen molar-refractivity contribution >= 4 is 38.9 Å². The fourth-order valence-corrected chi connectivity index (χ4v) is 4.15. The Kier molecular flexibility index (Phi) is 5.72. The molecule has 0 atom stereocenters. The van der Waals surface area contributed by atoms with Crippen molar-refractivity contribution in [3.05, 3.63) is 88.9 Å². The van der Waals surface area contributed by atoms with Crippen LogP contribution in [0.1, 0.15) is 15.9 Å². The number of rotatable bonds is 5. The molecule has 3 rings (SSSR count). The van der Waals surface area contributed by atoms with Crippen LogP contribution in [0.2, 0.25) is 5.02 Å². The van der Waals surface area contributed by atoms with Gasteiger partial charge in [-0.3, -0.25) is 9.10 Å². The van der Waals surface area contributed by atoms with Gasteiger partial charge in [-0.1, -0.05) is 48.0 Å². The van der Waals surface area contributed by atoms with E-state index in [0.717, 1.165) is 9.87 Å². The lowest BCUT2D eigenvalue weighted by Gasteiger charge is -2.22. The molecule has 3 aromatic carbocycles. The number of nitrogens with zero attached hydrogens (tertiary/aromatic N) is 1. The highest BCUT2D eigenvalue weighted by Gasteiger charge is 2.25. The number of hydrogen-bond acceptors (Lipinski definition) is 3. The molecule has 0 saturated carbocycles. The van der Waals surface area contributed by atoms with Crippen molar-refractivity contribution in [1.82, 2.24) is 0 Å². The molecule has 1 N–H and O–H groups in total. The van der Waals surface area contributed by atoms with Crippen LogP contribution in [0.5, 0.6) is 0 Å². The molecule has 1 amide bonds. The molecule has 0 aliphatic carbocycles. The quantitative estimate of drug-likeness (QED) is 0.656. The van der Waals surface area contributed by atoms with Crippen LogP contribution < -0.4 is 9.62 Å². The molecule has 5 nitrogen and oxygen atoms in total. The SMILES string of the molecule is Cc1ccc(Cl)cc1NC(=O)c1ccccc1N(C)S(=O)(=O)c1ccccc1. The van der Waals surface area contributed by atoms with Crippen LogP contribution in [0, 0.1) is 6.92 Å². The van der Waals surface area contributed by atoms with Gasteiger partial charge in [0.2, 0.25) is 0 Å².